The molecule has 3 heterocycles. The van der Waals surface area contributed by atoms with Crippen LogP contribution < -0.4 is 10.3 Å². The van der Waals surface area contributed by atoms with Crippen molar-refractivity contribution in [2.45, 2.75) is 18.9 Å². The first-order valence-electron chi connectivity index (χ1n) is 12.6. The van der Waals surface area contributed by atoms with Crippen LogP contribution in [0.2, 0.25) is 0 Å². The van der Waals surface area contributed by atoms with Crippen molar-refractivity contribution in [2.24, 2.45) is 16.3 Å². The Morgan fingerprint density at radius 2 is 2.10 bits per heavy atom. The molecule has 0 spiro atoms. The lowest BCUT2D eigenvalue weighted by atomic mass is 9.81. The Kier molecular flexibility index (Phi) is 5.94. The molecule has 2 atom stereocenters. The number of rotatable bonds is 7. The standard InChI is InChI=1S/C27H24F2N4O6/c28-21-7-19-23(32(17-4-5-17)10-20(25(19)34)26(35)36)22(29)24(21)31-9-16-11-39-14-27(16,13-31)12-30-8-15-2-1-3-18(6-15)33(37)38/h1-3,6-8,10,16-17H,4-5,9,11-14H2,(H,35,36)/b30-8+. The minimum absolute atomic E-state index is 0.0476. The van der Waals surface area contributed by atoms with Gasteiger partial charge in [-0.25, -0.2) is 13.6 Å². The van der Waals surface area contributed by atoms with E-state index in [1.807, 2.05) is 0 Å². The number of nitrogens with zero attached hydrogens (tertiary/aromatic N) is 4. The molecule has 2 aromatic carbocycles. The van der Waals surface area contributed by atoms with Crippen molar-refractivity contribution in [3.05, 3.63) is 79.6 Å². The molecular weight excluding hydrogens is 514 g/mol. The number of fused-ring (bicyclic) bond motifs is 2. The zero-order chi connectivity index (χ0) is 27.5. The number of hydrogen-bond donors (Lipinski definition) is 1. The van der Waals surface area contributed by atoms with Crippen molar-refractivity contribution in [1.82, 2.24) is 4.57 Å². The van der Waals surface area contributed by atoms with Gasteiger partial charge in [0.1, 0.15) is 17.1 Å². The third-order valence-corrected chi connectivity index (χ3v) is 7.92. The molecule has 3 fully saturated rings. The molecular formula is C27H24F2N4O6. The van der Waals surface area contributed by atoms with E-state index in [0.29, 0.717) is 44.7 Å². The summed E-state index contributed by atoms with van der Waals surface area (Å²) in [6, 6.07) is 6.87. The van der Waals surface area contributed by atoms with Crippen LogP contribution in [0.25, 0.3) is 10.9 Å². The molecule has 6 rings (SSSR count). The monoisotopic (exact) mass is 538 g/mol. The van der Waals surface area contributed by atoms with Crippen LogP contribution in [0.1, 0.15) is 34.8 Å². The number of nitro benzene ring substituents is 1. The van der Waals surface area contributed by atoms with E-state index in [4.69, 9.17) is 4.74 Å². The van der Waals surface area contributed by atoms with Crippen LogP contribution in [-0.2, 0) is 4.74 Å². The van der Waals surface area contributed by atoms with Crippen molar-refractivity contribution < 1.29 is 28.3 Å². The maximum Gasteiger partial charge on any atom is 0.341 e. The summed E-state index contributed by atoms with van der Waals surface area (Å²) >= 11 is 0. The Balaban J connectivity index is 1.34. The number of ether oxygens (including phenoxy) is 1. The molecule has 202 valence electrons. The van der Waals surface area contributed by atoms with Crippen LogP contribution >= 0.6 is 0 Å². The summed E-state index contributed by atoms with van der Waals surface area (Å²) in [6.45, 7) is 1.60. The van der Waals surface area contributed by atoms with Crippen molar-refractivity contribution in [2.75, 3.05) is 37.7 Å². The predicted molar refractivity (Wildman–Crippen MR) is 138 cm³/mol. The van der Waals surface area contributed by atoms with Gasteiger partial charge in [-0.15, -0.1) is 0 Å². The van der Waals surface area contributed by atoms with Gasteiger partial charge in [0.05, 0.1) is 29.0 Å². The molecule has 3 aromatic rings. The number of halogens is 2. The van der Waals surface area contributed by atoms with Crippen molar-refractivity contribution >= 4 is 34.5 Å². The molecule has 39 heavy (non-hydrogen) atoms. The fraction of sp³-hybridized carbons (Fsp3) is 0.370. The van der Waals surface area contributed by atoms with E-state index in [9.17, 15) is 24.8 Å². The van der Waals surface area contributed by atoms with Gasteiger partial charge in [-0.3, -0.25) is 19.9 Å². The van der Waals surface area contributed by atoms with Crippen LogP contribution in [-0.4, -0.2) is 59.6 Å². The highest BCUT2D eigenvalue weighted by Gasteiger charge is 2.51. The van der Waals surface area contributed by atoms with E-state index < -0.39 is 38.9 Å². The number of pyridine rings is 1. The molecule has 2 unspecified atom stereocenters. The third-order valence-electron chi connectivity index (χ3n) is 7.92. The maximum absolute atomic E-state index is 16.1. The lowest BCUT2D eigenvalue weighted by Gasteiger charge is -2.27. The normalized spacial score (nSPS) is 22.6. The van der Waals surface area contributed by atoms with Gasteiger partial charge in [-0.05, 0) is 24.5 Å². The maximum atomic E-state index is 16.1. The highest BCUT2D eigenvalue weighted by atomic mass is 19.1. The lowest BCUT2D eigenvalue weighted by molar-refractivity contribution is -0.384. The van der Waals surface area contributed by atoms with E-state index in [1.54, 1.807) is 23.2 Å². The Morgan fingerprint density at radius 3 is 2.82 bits per heavy atom. The van der Waals surface area contributed by atoms with Gasteiger partial charge in [-0.1, -0.05) is 12.1 Å². The largest absolute Gasteiger partial charge is 0.477 e. The zero-order valence-corrected chi connectivity index (χ0v) is 20.7. The van der Waals surface area contributed by atoms with Crippen molar-refractivity contribution in [3.8, 4) is 0 Å². The number of nitro groups is 1. The van der Waals surface area contributed by atoms with Crippen LogP contribution in [0, 0.1) is 33.1 Å². The number of aliphatic imine (C=N–C) groups is 1. The lowest BCUT2D eigenvalue weighted by Crippen LogP contribution is -2.34. The SMILES string of the molecule is O=C(O)c1cn(C2CC2)c2c(F)c(N3CC4COCC4(C/N=C/c4cccc([N+](=O)[O-])c4)C3)c(F)cc2c1=O. The first-order valence-corrected chi connectivity index (χ1v) is 12.6. The second-order valence-electron chi connectivity index (χ2n) is 10.5. The fourth-order valence-corrected chi connectivity index (χ4v) is 5.79. The first-order chi connectivity index (χ1) is 18.7. The van der Waals surface area contributed by atoms with E-state index in [-0.39, 0.29) is 40.8 Å². The summed E-state index contributed by atoms with van der Waals surface area (Å²) in [6.07, 6.45) is 4.12. The summed E-state index contributed by atoms with van der Waals surface area (Å²) in [5, 5.41) is 20.2. The number of aromatic carboxylic acids is 1. The molecule has 10 nitrogen and oxygen atoms in total. The fourth-order valence-electron chi connectivity index (χ4n) is 5.79. The van der Waals surface area contributed by atoms with Gasteiger partial charge in [0, 0.05) is 61.6 Å². The van der Waals surface area contributed by atoms with E-state index in [0.717, 1.165) is 12.3 Å². The molecule has 1 aromatic heterocycles. The third kappa shape index (κ3) is 4.24. The number of hydrogen-bond acceptors (Lipinski definition) is 7. The van der Waals surface area contributed by atoms with Crippen molar-refractivity contribution in [3.63, 3.8) is 0 Å². The molecule has 1 saturated carbocycles. The molecule has 2 saturated heterocycles. The minimum Gasteiger partial charge on any atom is -0.477 e. The van der Waals surface area contributed by atoms with E-state index in [1.165, 1.54) is 16.7 Å². The van der Waals surface area contributed by atoms with Gasteiger partial charge in [0.25, 0.3) is 5.69 Å². The number of carboxylic acid groups (broad SMARTS) is 1. The molecule has 0 bridgehead atoms. The molecule has 1 aliphatic carbocycles. The number of anilines is 1. The first kappa shape index (κ1) is 25.1. The van der Waals surface area contributed by atoms with Crippen LogP contribution in [0.15, 0.2) is 46.3 Å². The molecule has 0 radical (unpaired) electrons. The summed E-state index contributed by atoms with van der Waals surface area (Å²) in [5.74, 6) is -3.32. The molecule has 2 aliphatic heterocycles. The number of non-ortho nitro benzene ring substituents is 1. The molecule has 12 heteroatoms. The van der Waals surface area contributed by atoms with Gasteiger partial charge in [0.2, 0.25) is 5.43 Å². The highest BCUT2D eigenvalue weighted by Crippen LogP contribution is 2.46. The van der Waals surface area contributed by atoms with Gasteiger partial charge < -0.3 is 19.3 Å². The topological polar surface area (TPSA) is 127 Å². The van der Waals surface area contributed by atoms with Crippen LogP contribution in [0.3, 0.4) is 0 Å². The van der Waals surface area contributed by atoms with Gasteiger partial charge >= 0.3 is 5.97 Å². The highest BCUT2D eigenvalue weighted by molar-refractivity contribution is 5.94. The predicted octanol–water partition coefficient (Wildman–Crippen LogP) is 3.79. The van der Waals surface area contributed by atoms with Crippen molar-refractivity contribution in [1.29, 1.82) is 0 Å². The average Bonchev–Trinajstić information content (AvgIpc) is 3.58. The van der Waals surface area contributed by atoms with Crippen LogP contribution in [0.4, 0.5) is 20.2 Å². The molecule has 1 N–H and O–H groups in total. The minimum atomic E-state index is -1.44. The smallest absolute Gasteiger partial charge is 0.341 e. The Bertz CT molecular complexity index is 1620. The Labute approximate surface area is 220 Å². The summed E-state index contributed by atoms with van der Waals surface area (Å²) in [5.41, 5.74) is -1.78. The molecule has 3 aliphatic rings. The van der Waals surface area contributed by atoms with E-state index in [2.05, 4.69) is 4.99 Å². The van der Waals surface area contributed by atoms with Gasteiger partial charge in [-0.2, -0.15) is 0 Å². The number of carbonyl (C=O) groups is 1. The van der Waals surface area contributed by atoms with Gasteiger partial charge in [0.15, 0.2) is 5.82 Å². The average molecular weight is 539 g/mol. The number of carboxylic acids is 1. The molecule has 0 amide bonds. The summed E-state index contributed by atoms with van der Waals surface area (Å²) in [7, 11) is 0. The Hall–Kier alpha value is -4.19. The second-order valence-corrected chi connectivity index (χ2v) is 10.5. The zero-order valence-electron chi connectivity index (χ0n) is 20.7. The second kappa shape index (κ2) is 9.23. The van der Waals surface area contributed by atoms with Crippen LogP contribution in [0.5, 0.6) is 0 Å². The number of benzene rings is 2. The van der Waals surface area contributed by atoms with E-state index >= 15 is 8.78 Å². The summed E-state index contributed by atoms with van der Waals surface area (Å²) in [4.78, 5) is 41.1. The Morgan fingerprint density at radius 1 is 1.31 bits per heavy atom. The number of aromatic nitrogens is 1. The summed E-state index contributed by atoms with van der Waals surface area (Å²) < 4.78 is 38.8. The quantitative estimate of drug-likeness (QED) is 0.275.